The molecule has 0 aliphatic heterocycles. The molecule has 0 radical (unpaired) electrons. The average Bonchev–Trinajstić information content (AvgIpc) is 3.28. The molecule has 1 N–H and O–H groups in total. The van der Waals surface area contributed by atoms with Crippen LogP contribution in [0.15, 0.2) is 4.79 Å². The lowest BCUT2D eigenvalue weighted by Gasteiger charge is -2.04. The predicted molar refractivity (Wildman–Crippen MR) is 92.5 cm³/mol. The molecule has 0 bridgehead atoms. The second kappa shape index (κ2) is 5.72. The average molecular weight is 328 g/mol. The van der Waals surface area contributed by atoms with Crippen LogP contribution in [0.25, 0.3) is 16.9 Å². The summed E-state index contributed by atoms with van der Waals surface area (Å²) < 4.78 is 3.48. The molecule has 0 atom stereocenters. The molecular formula is C17H24N6O. The van der Waals surface area contributed by atoms with E-state index in [9.17, 15) is 4.79 Å². The van der Waals surface area contributed by atoms with Gasteiger partial charge >= 0.3 is 0 Å². The third-order valence-corrected chi connectivity index (χ3v) is 4.92. The first-order chi connectivity index (χ1) is 11.6. The van der Waals surface area contributed by atoms with Crippen molar-refractivity contribution in [2.24, 2.45) is 0 Å². The van der Waals surface area contributed by atoms with Gasteiger partial charge in [-0.05, 0) is 19.3 Å². The molecule has 1 aliphatic rings. The fraction of sp³-hybridized carbons (Fsp3) is 0.647. The Bertz CT molecular complexity index is 941. The zero-order chi connectivity index (χ0) is 16.8. The Labute approximate surface area is 140 Å². The summed E-state index contributed by atoms with van der Waals surface area (Å²) >= 11 is 0. The van der Waals surface area contributed by atoms with Gasteiger partial charge in [0, 0.05) is 18.4 Å². The highest BCUT2D eigenvalue weighted by molar-refractivity contribution is 5.72. The third kappa shape index (κ3) is 2.25. The number of aromatic nitrogens is 6. The second-order valence-corrected chi connectivity index (χ2v) is 7.09. The predicted octanol–water partition coefficient (Wildman–Crippen LogP) is 2.96. The van der Waals surface area contributed by atoms with E-state index in [1.165, 1.54) is 12.8 Å². The minimum absolute atomic E-state index is 0.0671. The highest BCUT2D eigenvalue weighted by Gasteiger charge is 2.24. The van der Waals surface area contributed by atoms with Crippen molar-refractivity contribution in [3.05, 3.63) is 22.0 Å². The molecule has 3 aromatic heterocycles. The van der Waals surface area contributed by atoms with Gasteiger partial charge in [0.1, 0.15) is 5.82 Å². The van der Waals surface area contributed by atoms with E-state index in [0.29, 0.717) is 29.4 Å². The number of hydrogen-bond donors (Lipinski definition) is 1. The first-order valence-corrected chi connectivity index (χ1v) is 8.99. The molecule has 1 saturated carbocycles. The van der Waals surface area contributed by atoms with Crippen LogP contribution in [0.1, 0.15) is 76.4 Å². The van der Waals surface area contributed by atoms with E-state index in [2.05, 4.69) is 40.8 Å². The molecule has 7 heteroatoms. The normalized spacial score (nSPS) is 16.2. The number of rotatable bonds is 4. The van der Waals surface area contributed by atoms with Gasteiger partial charge in [0.25, 0.3) is 5.56 Å². The Kier molecular flexibility index (Phi) is 3.66. The first-order valence-electron chi connectivity index (χ1n) is 8.99. The molecule has 3 heterocycles. The topological polar surface area (TPSA) is 80.9 Å². The van der Waals surface area contributed by atoms with E-state index in [1.807, 2.05) is 0 Å². The standard InChI is InChI=1S/C17H24N6O/c1-4-9-22-16(24)12-15(19-14(18-12)11-7-5-6-8-11)23-17(22)20-13(21-23)10(2)3/h10-11H,4-9H2,1-3H3,(H,18,19). The Morgan fingerprint density at radius 2 is 2.00 bits per heavy atom. The summed E-state index contributed by atoms with van der Waals surface area (Å²) in [5, 5.41) is 4.64. The van der Waals surface area contributed by atoms with Crippen LogP contribution in [-0.2, 0) is 6.54 Å². The van der Waals surface area contributed by atoms with E-state index in [1.54, 1.807) is 9.08 Å². The Morgan fingerprint density at radius 3 is 2.67 bits per heavy atom. The van der Waals surface area contributed by atoms with Gasteiger partial charge in [-0.25, -0.2) is 4.98 Å². The number of aryl methyl sites for hydroxylation is 1. The monoisotopic (exact) mass is 328 g/mol. The van der Waals surface area contributed by atoms with Crippen molar-refractivity contribution >= 4 is 16.9 Å². The Balaban J connectivity index is 2.01. The van der Waals surface area contributed by atoms with Gasteiger partial charge in [0.05, 0.1) is 0 Å². The third-order valence-electron chi connectivity index (χ3n) is 4.92. The second-order valence-electron chi connectivity index (χ2n) is 7.09. The van der Waals surface area contributed by atoms with Gasteiger partial charge in [0.2, 0.25) is 5.78 Å². The smallest absolute Gasteiger partial charge is 0.283 e. The molecule has 1 fully saturated rings. The van der Waals surface area contributed by atoms with Crippen molar-refractivity contribution in [1.82, 2.24) is 29.1 Å². The maximum absolute atomic E-state index is 12.9. The summed E-state index contributed by atoms with van der Waals surface area (Å²) in [6.07, 6.45) is 5.61. The van der Waals surface area contributed by atoms with Crippen molar-refractivity contribution in [2.45, 2.75) is 71.3 Å². The van der Waals surface area contributed by atoms with Crippen molar-refractivity contribution in [3.8, 4) is 0 Å². The number of hydrogen-bond acceptors (Lipinski definition) is 4. The Morgan fingerprint density at radius 1 is 1.25 bits per heavy atom. The molecular weight excluding hydrogens is 304 g/mol. The lowest BCUT2D eigenvalue weighted by atomic mass is 10.1. The molecule has 0 unspecified atom stereocenters. The molecule has 0 amide bonds. The van der Waals surface area contributed by atoms with Crippen LogP contribution in [-0.4, -0.2) is 29.1 Å². The van der Waals surface area contributed by atoms with Crippen LogP contribution < -0.4 is 5.56 Å². The maximum Gasteiger partial charge on any atom is 0.283 e. The zero-order valence-electron chi connectivity index (χ0n) is 14.5. The van der Waals surface area contributed by atoms with Crippen LogP contribution in [0.3, 0.4) is 0 Å². The molecule has 128 valence electrons. The number of imidazole rings is 1. The van der Waals surface area contributed by atoms with Crippen molar-refractivity contribution in [2.75, 3.05) is 0 Å². The summed E-state index contributed by atoms with van der Waals surface area (Å²) in [4.78, 5) is 25.6. The van der Waals surface area contributed by atoms with E-state index >= 15 is 0 Å². The van der Waals surface area contributed by atoms with Crippen molar-refractivity contribution < 1.29 is 0 Å². The van der Waals surface area contributed by atoms with E-state index in [4.69, 9.17) is 0 Å². The summed E-state index contributed by atoms with van der Waals surface area (Å²) in [7, 11) is 0. The van der Waals surface area contributed by atoms with E-state index < -0.39 is 0 Å². The van der Waals surface area contributed by atoms with Gasteiger partial charge in [-0.15, -0.1) is 5.10 Å². The van der Waals surface area contributed by atoms with E-state index in [-0.39, 0.29) is 11.5 Å². The number of aromatic amines is 1. The number of nitrogens with zero attached hydrogens (tertiary/aromatic N) is 5. The molecule has 0 spiro atoms. The van der Waals surface area contributed by atoms with Crippen molar-refractivity contribution in [1.29, 1.82) is 0 Å². The van der Waals surface area contributed by atoms with Crippen molar-refractivity contribution in [3.63, 3.8) is 0 Å². The van der Waals surface area contributed by atoms with Crippen LogP contribution >= 0.6 is 0 Å². The van der Waals surface area contributed by atoms with Crippen LogP contribution in [0, 0.1) is 0 Å². The molecule has 24 heavy (non-hydrogen) atoms. The minimum Gasteiger partial charge on any atom is -0.326 e. The highest BCUT2D eigenvalue weighted by atomic mass is 16.1. The largest absolute Gasteiger partial charge is 0.326 e. The summed E-state index contributed by atoms with van der Waals surface area (Å²) in [6, 6.07) is 0. The number of H-pyrrole nitrogens is 1. The minimum atomic E-state index is -0.0671. The number of fused-ring (bicyclic) bond motifs is 3. The highest BCUT2D eigenvalue weighted by Crippen LogP contribution is 2.33. The molecule has 0 aromatic carbocycles. The van der Waals surface area contributed by atoms with Gasteiger partial charge in [-0.1, -0.05) is 33.6 Å². The summed E-state index contributed by atoms with van der Waals surface area (Å²) in [5.74, 6) is 2.93. The lowest BCUT2D eigenvalue weighted by Crippen LogP contribution is -2.23. The van der Waals surface area contributed by atoms with Gasteiger partial charge < -0.3 is 4.98 Å². The maximum atomic E-state index is 12.9. The zero-order valence-corrected chi connectivity index (χ0v) is 14.5. The Hall–Kier alpha value is -2.18. The van der Waals surface area contributed by atoms with E-state index in [0.717, 1.165) is 30.9 Å². The summed E-state index contributed by atoms with van der Waals surface area (Å²) in [6.45, 7) is 6.80. The van der Waals surface area contributed by atoms with Gasteiger partial charge in [-0.2, -0.15) is 9.50 Å². The molecule has 1 aliphatic carbocycles. The fourth-order valence-corrected chi connectivity index (χ4v) is 3.61. The molecule has 7 nitrogen and oxygen atoms in total. The number of nitrogens with one attached hydrogen (secondary N) is 1. The van der Waals surface area contributed by atoms with Crippen LogP contribution in [0.5, 0.6) is 0 Å². The van der Waals surface area contributed by atoms with Crippen LogP contribution in [0.2, 0.25) is 0 Å². The van der Waals surface area contributed by atoms with Crippen LogP contribution in [0.4, 0.5) is 0 Å². The lowest BCUT2D eigenvalue weighted by molar-refractivity contribution is 0.659. The first kappa shape index (κ1) is 15.4. The SMILES string of the molecule is CCCn1c(=O)c2nc(C3CCCC3)[nH]c2n2nc(C(C)C)nc12. The molecule has 3 aromatic rings. The molecule has 0 saturated heterocycles. The molecule has 4 rings (SSSR count). The van der Waals surface area contributed by atoms with Gasteiger partial charge in [-0.3, -0.25) is 9.36 Å². The quantitative estimate of drug-likeness (QED) is 0.798. The van der Waals surface area contributed by atoms with Gasteiger partial charge in [0.15, 0.2) is 17.0 Å². The fourth-order valence-electron chi connectivity index (χ4n) is 3.61. The summed E-state index contributed by atoms with van der Waals surface area (Å²) in [5.41, 5.74) is 1.10.